The average Bonchev–Trinajstić information content (AvgIpc) is 3.21. The van der Waals surface area contributed by atoms with Crippen LogP contribution in [0.5, 0.6) is 5.75 Å². The normalized spacial score (nSPS) is 13.1. The van der Waals surface area contributed by atoms with Gasteiger partial charge in [0, 0.05) is 38.3 Å². The Kier molecular flexibility index (Phi) is 8.12. The summed E-state index contributed by atoms with van der Waals surface area (Å²) in [5, 5.41) is 6.63. The van der Waals surface area contributed by atoms with Crippen LogP contribution in [-0.2, 0) is 17.6 Å². The minimum Gasteiger partial charge on any atom is -0.496 e. The molecule has 0 unspecified atom stereocenters. The molecule has 0 bridgehead atoms. The van der Waals surface area contributed by atoms with E-state index < -0.39 is 0 Å². The number of nitrogens with one attached hydrogen (secondary N) is 2. The van der Waals surface area contributed by atoms with Crippen LogP contribution in [0.15, 0.2) is 53.5 Å². The average molecular weight is 409 g/mol. The number of benzene rings is 2. The van der Waals surface area contributed by atoms with Crippen molar-refractivity contribution < 1.29 is 9.53 Å². The highest BCUT2D eigenvalue weighted by molar-refractivity contribution is 5.95. The summed E-state index contributed by atoms with van der Waals surface area (Å²) in [6.45, 7) is 5.01. The smallest absolute Gasteiger partial charge is 0.227 e. The van der Waals surface area contributed by atoms with Gasteiger partial charge >= 0.3 is 0 Å². The fourth-order valence-corrected chi connectivity index (χ4v) is 3.72. The van der Waals surface area contributed by atoms with Crippen molar-refractivity contribution in [2.24, 2.45) is 4.99 Å². The van der Waals surface area contributed by atoms with Gasteiger partial charge in [0.15, 0.2) is 5.96 Å². The van der Waals surface area contributed by atoms with Gasteiger partial charge in [0.2, 0.25) is 5.91 Å². The van der Waals surface area contributed by atoms with Crippen LogP contribution in [-0.4, -0.2) is 45.2 Å². The van der Waals surface area contributed by atoms with Crippen LogP contribution >= 0.6 is 0 Å². The van der Waals surface area contributed by atoms with E-state index in [9.17, 15) is 4.79 Å². The third-order valence-electron chi connectivity index (χ3n) is 5.23. The highest BCUT2D eigenvalue weighted by Crippen LogP contribution is 2.28. The Morgan fingerprint density at radius 2 is 1.93 bits per heavy atom. The maximum atomic E-state index is 12.6. The second-order valence-electron chi connectivity index (χ2n) is 7.28. The first kappa shape index (κ1) is 21.7. The number of anilines is 1. The number of guanidine groups is 1. The van der Waals surface area contributed by atoms with E-state index in [4.69, 9.17) is 4.74 Å². The van der Waals surface area contributed by atoms with Crippen LogP contribution in [0.1, 0.15) is 30.9 Å². The molecule has 1 amide bonds. The minimum absolute atomic E-state index is 0.185. The van der Waals surface area contributed by atoms with Crippen molar-refractivity contribution in [1.82, 2.24) is 10.6 Å². The molecule has 1 aliphatic rings. The van der Waals surface area contributed by atoms with E-state index in [1.165, 1.54) is 11.1 Å². The maximum absolute atomic E-state index is 12.6. The monoisotopic (exact) mass is 408 g/mol. The molecular weight excluding hydrogens is 376 g/mol. The lowest BCUT2D eigenvalue weighted by Crippen LogP contribution is -2.38. The molecule has 3 rings (SSSR count). The number of carbonyl (C=O) groups excluding carboxylic acids is 1. The Balaban J connectivity index is 1.44. The first-order chi connectivity index (χ1) is 14.7. The predicted octanol–water partition coefficient (Wildman–Crippen LogP) is 3.16. The van der Waals surface area contributed by atoms with Gasteiger partial charge in [0.1, 0.15) is 5.75 Å². The van der Waals surface area contributed by atoms with Crippen LogP contribution in [0.25, 0.3) is 0 Å². The Morgan fingerprint density at radius 3 is 2.77 bits per heavy atom. The summed E-state index contributed by atoms with van der Waals surface area (Å²) in [6.07, 6.45) is 3.04. The Labute approximate surface area is 179 Å². The van der Waals surface area contributed by atoms with Gasteiger partial charge in [-0.3, -0.25) is 9.79 Å². The summed E-state index contributed by atoms with van der Waals surface area (Å²) >= 11 is 0. The van der Waals surface area contributed by atoms with Gasteiger partial charge in [-0.2, -0.15) is 0 Å². The van der Waals surface area contributed by atoms with Gasteiger partial charge in [-0.15, -0.1) is 0 Å². The molecular formula is C24H32N4O2. The molecule has 0 radical (unpaired) electrons. The first-order valence-corrected chi connectivity index (χ1v) is 10.7. The fourth-order valence-electron chi connectivity index (χ4n) is 3.72. The van der Waals surface area contributed by atoms with Gasteiger partial charge in [0.25, 0.3) is 0 Å². The number of nitrogens with zero attached hydrogens (tertiary/aromatic N) is 2. The van der Waals surface area contributed by atoms with Crippen molar-refractivity contribution in [1.29, 1.82) is 0 Å². The number of methoxy groups -OCH3 is 1. The molecule has 0 saturated carbocycles. The lowest BCUT2D eigenvalue weighted by molar-refractivity contribution is -0.118. The molecule has 2 N–H and O–H groups in total. The largest absolute Gasteiger partial charge is 0.496 e. The summed E-state index contributed by atoms with van der Waals surface area (Å²) in [4.78, 5) is 19.1. The van der Waals surface area contributed by atoms with Crippen LogP contribution in [0.3, 0.4) is 0 Å². The second-order valence-corrected chi connectivity index (χ2v) is 7.28. The van der Waals surface area contributed by atoms with E-state index in [1.807, 2.05) is 48.2 Å². The van der Waals surface area contributed by atoms with Crippen molar-refractivity contribution >= 4 is 17.6 Å². The van der Waals surface area contributed by atoms with E-state index in [2.05, 4.69) is 27.8 Å². The summed E-state index contributed by atoms with van der Waals surface area (Å²) in [6, 6.07) is 16.2. The number of ether oxygens (including phenoxy) is 1. The van der Waals surface area contributed by atoms with Crippen molar-refractivity contribution in [3.63, 3.8) is 0 Å². The van der Waals surface area contributed by atoms with Crippen LogP contribution < -0.4 is 20.3 Å². The molecule has 6 heteroatoms. The van der Waals surface area contributed by atoms with E-state index >= 15 is 0 Å². The molecule has 0 atom stereocenters. The number of amides is 1. The Morgan fingerprint density at radius 1 is 1.13 bits per heavy atom. The first-order valence-electron chi connectivity index (χ1n) is 10.7. The maximum Gasteiger partial charge on any atom is 0.227 e. The van der Waals surface area contributed by atoms with Crippen LogP contribution in [0.2, 0.25) is 0 Å². The zero-order valence-electron chi connectivity index (χ0n) is 18.0. The number of fused-ring (bicyclic) bond motifs is 1. The lowest BCUT2D eigenvalue weighted by atomic mass is 10.1. The highest BCUT2D eigenvalue weighted by Gasteiger charge is 2.23. The quantitative estimate of drug-likeness (QED) is 0.380. The number of hydrogen-bond acceptors (Lipinski definition) is 3. The van der Waals surface area contributed by atoms with Crippen LogP contribution in [0, 0.1) is 0 Å². The summed E-state index contributed by atoms with van der Waals surface area (Å²) in [7, 11) is 1.69. The van der Waals surface area contributed by atoms with E-state index in [0.717, 1.165) is 56.3 Å². The van der Waals surface area contributed by atoms with Gasteiger partial charge in [0.05, 0.1) is 7.11 Å². The molecule has 2 aromatic carbocycles. The lowest BCUT2D eigenvalue weighted by Gasteiger charge is -2.17. The Bertz CT molecular complexity index is 866. The minimum atomic E-state index is 0.185. The number of aliphatic imine (C=N–C) groups is 1. The molecule has 0 aromatic heterocycles. The number of carbonyl (C=O) groups is 1. The molecule has 0 fully saturated rings. The molecule has 0 saturated heterocycles. The molecule has 2 aromatic rings. The molecule has 6 nitrogen and oxygen atoms in total. The van der Waals surface area contributed by atoms with Gasteiger partial charge in [-0.05, 0) is 49.4 Å². The summed E-state index contributed by atoms with van der Waals surface area (Å²) in [5.41, 5.74) is 3.50. The highest BCUT2D eigenvalue weighted by atomic mass is 16.5. The van der Waals surface area contributed by atoms with E-state index in [-0.39, 0.29) is 5.91 Å². The molecule has 160 valence electrons. The third kappa shape index (κ3) is 5.75. The van der Waals surface area contributed by atoms with Crippen molar-refractivity contribution in [3.8, 4) is 5.75 Å². The molecule has 30 heavy (non-hydrogen) atoms. The standard InChI is InChI=1S/C24H32N4O2/c1-3-25-24(27-17-14-20-10-5-7-12-22(20)30-2)26-16-8-13-23(29)28-18-15-19-9-4-6-11-21(19)28/h4-7,9-12H,3,8,13-18H2,1-2H3,(H2,25,26,27). The Hall–Kier alpha value is -3.02. The van der Waals surface area contributed by atoms with Gasteiger partial charge in [-0.1, -0.05) is 36.4 Å². The fraction of sp³-hybridized carbons (Fsp3) is 0.417. The third-order valence-corrected chi connectivity index (χ3v) is 5.23. The van der Waals surface area contributed by atoms with Crippen molar-refractivity contribution in [3.05, 3.63) is 59.7 Å². The molecule has 1 heterocycles. The van der Waals surface area contributed by atoms with Gasteiger partial charge in [-0.25, -0.2) is 0 Å². The topological polar surface area (TPSA) is 66.0 Å². The van der Waals surface area contributed by atoms with Gasteiger partial charge < -0.3 is 20.3 Å². The number of para-hydroxylation sites is 2. The number of rotatable bonds is 9. The summed E-state index contributed by atoms with van der Waals surface area (Å²) < 4.78 is 5.41. The van der Waals surface area contributed by atoms with E-state index in [0.29, 0.717) is 13.0 Å². The molecule has 0 aliphatic carbocycles. The molecule has 1 aliphatic heterocycles. The zero-order valence-corrected chi connectivity index (χ0v) is 18.0. The number of hydrogen-bond donors (Lipinski definition) is 2. The van der Waals surface area contributed by atoms with Crippen molar-refractivity contribution in [2.75, 3.05) is 38.2 Å². The second kappa shape index (κ2) is 11.2. The molecule has 0 spiro atoms. The van der Waals surface area contributed by atoms with Crippen molar-refractivity contribution in [2.45, 2.75) is 32.6 Å². The SMILES string of the molecule is CCNC(=NCCCC(=O)N1CCc2ccccc21)NCCc1ccccc1OC. The van der Waals surface area contributed by atoms with Crippen LogP contribution in [0.4, 0.5) is 5.69 Å². The predicted molar refractivity (Wildman–Crippen MR) is 122 cm³/mol. The van der Waals surface area contributed by atoms with E-state index in [1.54, 1.807) is 7.11 Å². The summed E-state index contributed by atoms with van der Waals surface area (Å²) in [5.74, 6) is 1.87. The zero-order chi connectivity index (χ0) is 21.2.